The molecule has 0 unspecified atom stereocenters. The van der Waals surface area contributed by atoms with Crippen molar-refractivity contribution in [3.63, 3.8) is 0 Å². The Kier molecular flexibility index (Phi) is 6.80. The summed E-state index contributed by atoms with van der Waals surface area (Å²) in [5, 5.41) is 14.3. The fraction of sp³-hybridized carbons (Fsp3) is 0.250. The van der Waals surface area contributed by atoms with Gasteiger partial charge in [0.05, 0.1) is 7.11 Å². The third-order valence-corrected chi connectivity index (χ3v) is 5.65. The van der Waals surface area contributed by atoms with E-state index in [9.17, 15) is 8.42 Å². The van der Waals surface area contributed by atoms with Crippen molar-refractivity contribution in [3.8, 4) is 5.75 Å². The molecular weight excluding hydrogens is 404 g/mol. The zero-order valence-electron chi connectivity index (χ0n) is 17.0. The van der Waals surface area contributed by atoms with Crippen LogP contribution in [0, 0.1) is 13.8 Å². The Morgan fingerprint density at radius 2 is 1.60 bits per heavy atom. The van der Waals surface area contributed by atoms with Crippen LogP contribution < -0.4 is 20.1 Å². The zero-order valence-corrected chi connectivity index (χ0v) is 17.8. The van der Waals surface area contributed by atoms with Crippen LogP contribution in [0.5, 0.6) is 5.75 Å². The highest BCUT2D eigenvalue weighted by Crippen LogP contribution is 2.24. The monoisotopic (exact) mass is 428 g/mol. The molecule has 2 aromatic heterocycles. The first-order chi connectivity index (χ1) is 14.4. The zero-order chi connectivity index (χ0) is 21.6. The molecule has 0 fully saturated rings. The molecule has 0 bridgehead atoms. The molecule has 0 saturated heterocycles. The van der Waals surface area contributed by atoms with E-state index in [1.807, 2.05) is 26.0 Å². The molecule has 158 valence electrons. The topological polar surface area (TPSA) is 118 Å². The summed E-state index contributed by atoms with van der Waals surface area (Å²) in [5.74, 6) is 2.07. The molecule has 3 rings (SSSR count). The number of pyridine rings is 1. The van der Waals surface area contributed by atoms with Gasteiger partial charge >= 0.3 is 0 Å². The first kappa shape index (κ1) is 21.5. The summed E-state index contributed by atoms with van der Waals surface area (Å²) in [6, 6.07) is 12.3. The molecule has 9 nitrogen and oxygen atoms in total. The minimum Gasteiger partial charge on any atom is -0.495 e. The molecule has 0 amide bonds. The van der Waals surface area contributed by atoms with Gasteiger partial charge in [-0.1, -0.05) is 12.1 Å². The molecule has 0 atom stereocenters. The quantitative estimate of drug-likeness (QED) is 0.445. The van der Waals surface area contributed by atoms with Crippen LogP contribution >= 0.6 is 0 Å². The SMILES string of the molecule is COc1ccc(C)cc1S(=O)(=O)NCCNc1ccc(Nc2ccc(C)cn2)nn1. The maximum absolute atomic E-state index is 12.6. The van der Waals surface area contributed by atoms with E-state index < -0.39 is 10.0 Å². The number of nitrogens with one attached hydrogen (secondary N) is 3. The van der Waals surface area contributed by atoms with Gasteiger partial charge in [-0.25, -0.2) is 18.1 Å². The summed E-state index contributed by atoms with van der Waals surface area (Å²) in [6.07, 6.45) is 1.76. The summed E-state index contributed by atoms with van der Waals surface area (Å²) in [6.45, 7) is 4.31. The Balaban J connectivity index is 1.51. The summed E-state index contributed by atoms with van der Waals surface area (Å²) in [4.78, 5) is 4.37. The predicted molar refractivity (Wildman–Crippen MR) is 116 cm³/mol. The van der Waals surface area contributed by atoms with Gasteiger partial charge in [0.2, 0.25) is 10.0 Å². The molecule has 10 heteroatoms. The average molecular weight is 429 g/mol. The second-order valence-corrected chi connectivity index (χ2v) is 8.36. The standard InChI is InChI=1S/C20H24N6O3S/c1-14-4-6-16(29-3)17(12-14)30(27,28)23-11-10-21-19-8-9-20(26-25-19)24-18-7-5-15(2)13-22-18/h4-9,12-13,23H,10-11H2,1-3H3,(H,21,25)(H,22,24,26). The van der Waals surface area contributed by atoms with Gasteiger partial charge in [-0.15, -0.1) is 10.2 Å². The number of rotatable bonds is 9. The minimum absolute atomic E-state index is 0.116. The smallest absolute Gasteiger partial charge is 0.244 e. The number of hydrogen-bond acceptors (Lipinski definition) is 8. The maximum Gasteiger partial charge on any atom is 0.244 e. The first-order valence-electron chi connectivity index (χ1n) is 9.29. The summed E-state index contributed by atoms with van der Waals surface area (Å²) in [5.41, 5.74) is 1.90. The molecule has 3 aromatic rings. The maximum atomic E-state index is 12.6. The minimum atomic E-state index is -3.69. The Hall–Kier alpha value is -3.24. The number of ether oxygens (including phenoxy) is 1. The lowest BCUT2D eigenvalue weighted by Crippen LogP contribution is -2.29. The van der Waals surface area contributed by atoms with Crippen molar-refractivity contribution < 1.29 is 13.2 Å². The number of methoxy groups -OCH3 is 1. The average Bonchev–Trinajstić information content (AvgIpc) is 2.74. The lowest BCUT2D eigenvalue weighted by molar-refractivity contribution is 0.402. The highest BCUT2D eigenvalue weighted by Gasteiger charge is 2.19. The largest absolute Gasteiger partial charge is 0.495 e. The Morgan fingerprint density at radius 1 is 0.900 bits per heavy atom. The van der Waals surface area contributed by atoms with Gasteiger partial charge < -0.3 is 15.4 Å². The van der Waals surface area contributed by atoms with E-state index in [0.717, 1.165) is 11.1 Å². The molecule has 3 N–H and O–H groups in total. The summed E-state index contributed by atoms with van der Waals surface area (Å²) in [7, 11) is -2.25. The van der Waals surface area contributed by atoms with E-state index in [1.165, 1.54) is 7.11 Å². The second kappa shape index (κ2) is 9.51. The molecule has 0 saturated carbocycles. The molecule has 1 aromatic carbocycles. The number of hydrogen-bond donors (Lipinski definition) is 3. The molecule has 0 aliphatic rings. The number of anilines is 3. The van der Waals surface area contributed by atoms with Crippen molar-refractivity contribution in [1.29, 1.82) is 0 Å². The van der Waals surface area contributed by atoms with E-state index in [2.05, 4.69) is 30.5 Å². The molecule has 0 radical (unpaired) electrons. The normalized spacial score (nSPS) is 11.2. The van der Waals surface area contributed by atoms with Crippen molar-refractivity contribution in [3.05, 3.63) is 59.8 Å². The van der Waals surface area contributed by atoms with Crippen LogP contribution in [-0.2, 0) is 10.0 Å². The molecule has 30 heavy (non-hydrogen) atoms. The fourth-order valence-corrected chi connectivity index (χ4v) is 3.90. The highest BCUT2D eigenvalue weighted by molar-refractivity contribution is 7.89. The first-order valence-corrected chi connectivity index (χ1v) is 10.8. The van der Waals surface area contributed by atoms with Gasteiger partial charge in [0.1, 0.15) is 22.3 Å². The van der Waals surface area contributed by atoms with Crippen LogP contribution in [0.25, 0.3) is 0 Å². The van der Waals surface area contributed by atoms with Crippen molar-refractivity contribution in [2.24, 2.45) is 0 Å². The highest BCUT2D eigenvalue weighted by atomic mass is 32.2. The van der Waals surface area contributed by atoms with E-state index in [0.29, 0.717) is 29.7 Å². The van der Waals surface area contributed by atoms with Crippen molar-refractivity contribution >= 4 is 27.5 Å². The third kappa shape index (κ3) is 5.65. The van der Waals surface area contributed by atoms with E-state index in [-0.39, 0.29) is 11.4 Å². The van der Waals surface area contributed by atoms with Crippen LogP contribution in [0.2, 0.25) is 0 Å². The number of benzene rings is 1. The van der Waals surface area contributed by atoms with Crippen LogP contribution in [0.4, 0.5) is 17.5 Å². The Morgan fingerprint density at radius 3 is 2.27 bits per heavy atom. The third-order valence-electron chi connectivity index (χ3n) is 4.16. The molecule has 0 spiro atoms. The van der Waals surface area contributed by atoms with E-state index >= 15 is 0 Å². The number of nitrogens with zero attached hydrogens (tertiary/aromatic N) is 3. The second-order valence-electron chi connectivity index (χ2n) is 6.63. The molecule has 0 aliphatic carbocycles. The van der Waals surface area contributed by atoms with Gasteiger partial charge in [-0.3, -0.25) is 0 Å². The number of aromatic nitrogens is 3. The van der Waals surface area contributed by atoms with Crippen molar-refractivity contribution in [1.82, 2.24) is 19.9 Å². The molecular formula is C20H24N6O3S. The molecule has 0 aliphatic heterocycles. The number of sulfonamides is 1. The van der Waals surface area contributed by atoms with Crippen LogP contribution in [0.15, 0.2) is 53.6 Å². The number of aryl methyl sites for hydroxylation is 2. The van der Waals surface area contributed by atoms with Crippen LogP contribution in [0.1, 0.15) is 11.1 Å². The van der Waals surface area contributed by atoms with Gasteiger partial charge in [-0.2, -0.15) is 0 Å². The van der Waals surface area contributed by atoms with E-state index in [1.54, 1.807) is 36.5 Å². The van der Waals surface area contributed by atoms with Crippen molar-refractivity contribution in [2.75, 3.05) is 30.8 Å². The predicted octanol–water partition coefficient (Wildman–Crippen LogP) is 2.63. The summed E-state index contributed by atoms with van der Waals surface area (Å²) >= 11 is 0. The van der Waals surface area contributed by atoms with Crippen LogP contribution in [0.3, 0.4) is 0 Å². The lowest BCUT2D eigenvalue weighted by Gasteiger charge is -2.12. The van der Waals surface area contributed by atoms with Crippen LogP contribution in [-0.4, -0.2) is 43.8 Å². The summed E-state index contributed by atoms with van der Waals surface area (Å²) < 4.78 is 32.8. The van der Waals surface area contributed by atoms with Gasteiger partial charge in [0.15, 0.2) is 5.82 Å². The fourth-order valence-electron chi connectivity index (χ4n) is 2.61. The Bertz CT molecular complexity index is 1090. The van der Waals surface area contributed by atoms with Gasteiger partial charge in [-0.05, 0) is 55.3 Å². The lowest BCUT2D eigenvalue weighted by atomic mass is 10.2. The van der Waals surface area contributed by atoms with Gasteiger partial charge in [0.25, 0.3) is 0 Å². The molecule has 2 heterocycles. The van der Waals surface area contributed by atoms with Gasteiger partial charge in [0, 0.05) is 19.3 Å². The van der Waals surface area contributed by atoms with Crippen molar-refractivity contribution in [2.45, 2.75) is 18.7 Å². The Labute approximate surface area is 176 Å². The van der Waals surface area contributed by atoms with E-state index in [4.69, 9.17) is 4.74 Å².